The van der Waals surface area contributed by atoms with Gasteiger partial charge in [-0.2, -0.15) is 0 Å². The summed E-state index contributed by atoms with van der Waals surface area (Å²) in [6.07, 6.45) is 6.22. The van der Waals surface area contributed by atoms with Gasteiger partial charge in [-0.1, -0.05) is 29.8 Å². The van der Waals surface area contributed by atoms with E-state index in [9.17, 15) is 0 Å². The third-order valence-corrected chi connectivity index (χ3v) is 3.77. The van der Waals surface area contributed by atoms with Gasteiger partial charge in [-0.3, -0.25) is 0 Å². The van der Waals surface area contributed by atoms with Crippen LogP contribution >= 0.6 is 0 Å². The van der Waals surface area contributed by atoms with Gasteiger partial charge in [0.25, 0.3) is 0 Å². The number of methoxy groups -OCH3 is 1. The van der Waals surface area contributed by atoms with Crippen molar-refractivity contribution in [2.75, 3.05) is 19.5 Å². The summed E-state index contributed by atoms with van der Waals surface area (Å²) in [4.78, 5) is 13.0. The van der Waals surface area contributed by atoms with E-state index in [1.54, 1.807) is 14.2 Å². The number of hydrogen-bond acceptors (Lipinski definition) is 5. The quantitative estimate of drug-likeness (QED) is 0.780. The van der Waals surface area contributed by atoms with E-state index in [-0.39, 0.29) is 0 Å². The van der Waals surface area contributed by atoms with Gasteiger partial charge < -0.3 is 10.1 Å². The topological polar surface area (TPSA) is 59.9 Å². The SMILES string of the molecule is CNc1ncc(Cc2cnc(OC)c(-c3cccc(C)c3)c2)cn1. The van der Waals surface area contributed by atoms with Crippen LogP contribution in [0.25, 0.3) is 11.1 Å². The number of nitrogens with zero attached hydrogens (tertiary/aromatic N) is 3. The van der Waals surface area contributed by atoms with Crippen LogP contribution < -0.4 is 10.1 Å². The summed E-state index contributed by atoms with van der Waals surface area (Å²) >= 11 is 0. The maximum Gasteiger partial charge on any atom is 0.222 e. The van der Waals surface area contributed by atoms with Crippen LogP contribution in [-0.4, -0.2) is 29.1 Å². The molecule has 0 atom stereocenters. The van der Waals surface area contributed by atoms with E-state index in [1.807, 2.05) is 24.7 Å². The van der Waals surface area contributed by atoms with Gasteiger partial charge in [-0.15, -0.1) is 0 Å². The fourth-order valence-corrected chi connectivity index (χ4v) is 2.59. The number of anilines is 1. The maximum atomic E-state index is 5.43. The largest absolute Gasteiger partial charge is 0.481 e. The normalized spacial score (nSPS) is 10.5. The summed E-state index contributed by atoms with van der Waals surface area (Å²) in [5.41, 5.74) is 5.43. The van der Waals surface area contributed by atoms with Crippen LogP contribution in [0.2, 0.25) is 0 Å². The van der Waals surface area contributed by atoms with Crippen LogP contribution in [0.5, 0.6) is 5.88 Å². The zero-order valence-electron chi connectivity index (χ0n) is 14.1. The highest BCUT2D eigenvalue weighted by Gasteiger charge is 2.10. The van der Waals surface area contributed by atoms with E-state index in [0.717, 1.165) is 28.7 Å². The van der Waals surface area contributed by atoms with Crippen LogP contribution in [-0.2, 0) is 6.42 Å². The Morgan fingerprint density at radius 3 is 2.42 bits per heavy atom. The third-order valence-electron chi connectivity index (χ3n) is 3.77. The molecule has 5 nitrogen and oxygen atoms in total. The first-order valence-electron chi connectivity index (χ1n) is 7.78. The van der Waals surface area contributed by atoms with E-state index in [4.69, 9.17) is 4.74 Å². The second-order valence-corrected chi connectivity index (χ2v) is 5.61. The number of rotatable bonds is 5. The molecule has 0 fully saturated rings. The molecule has 1 N–H and O–H groups in total. The number of benzene rings is 1. The van der Waals surface area contributed by atoms with Crippen LogP contribution in [0.15, 0.2) is 48.9 Å². The molecule has 0 radical (unpaired) electrons. The first-order valence-corrected chi connectivity index (χ1v) is 7.78. The van der Waals surface area contributed by atoms with Crippen LogP contribution in [0.3, 0.4) is 0 Å². The van der Waals surface area contributed by atoms with Gasteiger partial charge in [0, 0.05) is 37.6 Å². The Morgan fingerprint density at radius 2 is 1.75 bits per heavy atom. The summed E-state index contributed by atoms with van der Waals surface area (Å²) in [6, 6.07) is 10.4. The zero-order valence-corrected chi connectivity index (χ0v) is 14.1. The molecule has 0 saturated heterocycles. The Balaban J connectivity index is 1.93. The van der Waals surface area contributed by atoms with Crippen molar-refractivity contribution in [1.29, 1.82) is 0 Å². The number of nitrogens with one attached hydrogen (secondary N) is 1. The first kappa shape index (κ1) is 15.9. The van der Waals surface area contributed by atoms with Crippen molar-refractivity contribution in [2.45, 2.75) is 13.3 Å². The van der Waals surface area contributed by atoms with Gasteiger partial charge in [0.15, 0.2) is 0 Å². The van der Waals surface area contributed by atoms with Crippen molar-refractivity contribution in [3.05, 3.63) is 65.6 Å². The molecular formula is C19H20N4O. The minimum atomic E-state index is 0.618. The fourth-order valence-electron chi connectivity index (χ4n) is 2.59. The number of hydrogen-bond donors (Lipinski definition) is 1. The van der Waals surface area contributed by atoms with Gasteiger partial charge in [-0.05, 0) is 29.7 Å². The summed E-state index contributed by atoms with van der Waals surface area (Å²) in [7, 11) is 3.45. The van der Waals surface area contributed by atoms with Gasteiger partial charge in [-0.25, -0.2) is 15.0 Å². The fraction of sp³-hybridized carbons (Fsp3) is 0.211. The third kappa shape index (κ3) is 3.51. The maximum absolute atomic E-state index is 5.43. The standard InChI is InChI=1S/C19H20N4O/c1-13-5-4-6-16(7-13)17-9-14(10-21-18(17)24-3)8-15-11-22-19(20-2)23-12-15/h4-7,9-12H,8H2,1-3H3,(H,20,22,23). The van der Waals surface area contributed by atoms with Gasteiger partial charge in [0.2, 0.25) is 11.8 Å². The lowest BCUT2D eigenvalue weighted by molar-refractivity contribution is 0.399. The van der Waals surface area contributed by atoms with Crippen molar-refractivity contribution in [3.63, 3.8) is 0 Å². The molecule has 2 heterocycles. The van der Waals surface area contributed by atoms with Crippen molar-refractivity contribution in [3.8, 4) is 17.0 Å². The molecule has 0 spiro atoms. The molecule has 3 rings (SSSR count). The highest BCUT2D eigenvalue weighted by molar-refractivity contribution is 5.69. The smallest absolute Gasteiger partial charge is 0.222 e. The van der Waals surface area contributed by atoms with Crippen molar-refractivity contribution < 1.29 is 4.74 Å². The van der Waals surface area contributed by atoms with Crippen molar-refractivity contribution in [2.24, 2.45) is 0 Å². The lowest BCUT2D eigenvalue weighted by Crippen LogP contribution is -1.99. The number of pyridine rings is 1. The predicted molar refractivity (Wildman–Crippen MR) is 95.3 cm³/mol. The van der Waals surface area contributed by atoms with Crippen molar-refractivity contribution in [1.82, 2.24) is 15.0 Å². The summed E-state index contributed by atoms with van der Waals surface area (Å²) in [5, 5.41) is 2.92. The van der Waals surface area contributed by atoms with E-state index in [2.05, 4.69) is 51.5 Å². The Labute approximate surface area is 141 Å². The summed E-state index contributed by atoms with van der Waals surface area (Å²) < 4.78 is 5.43. The molecule has 0 amide bonds. The van der Waals surface area contributed by atoms with E-state index >= 15 is 0 Å². The highest BCUT2D eigenvalue weighted by atomic mass is 16.5. The highest BCUT2D eigenvalue weighted by Crippen LogP contribution is 2.30. The zero-order chi connectivity index (χ0) is 16.9. The summed E-state index contributed by atoms with van der Waals surface area (Å²) in [6.45, 7) is 2.08. The lowest BCUT2D eigenvalue weighted by Gasteiger charge is -2.11. The number of ether oxygens (including phenoxy) is 1. The monoisotopic (exact) mass is 320 g/mol. The second kappa shape index (κ2) is 7.08. The predicted octanol–water partition coefficient (Wildman–Crippen LogP) is 3.49. The number of aryl methyl sites for hydroxylation is 1. The summed E-state index contributed by atoms with van der Waals surface area (Å²) in [5.74, 6) is 1.25. The average Bonchev–Trinajstić information content (AvgIpc) is 2.62. The molecule has 0 bridgehead atoms. The molecule has 0 unspecified atom stereocenters. The molecule has 0 aliphatic heterocycles. The molecule has 5 heteroatoms. The molecule has 0 aliphatic carbocycles. The van der Waals surface area contributed by atoms with Gasteiger partial charge in [0.05, 0.1) is 7.11 Å². The average molecular weight is 320 g/mol. The molecule has 1 aromatic carbocycles. The minimum Gasteiger partial charge on any atom is -0.481 e. The molecule has 0 aliphatic rings. The number of aromatic nitrogens is 3. The van der Waals surface area contributed by atoms with E-state index in [0.29, 0.717) is 11.8 Å². The van der Waals surface area contributed by atoms with E-state index < -0.39 is 0 Å². The van der Waals surface area contributed by atoms with Crippen LogP contribution in [0, 0.1) is 6.92 Å². The minimum absolute atomic E-state index is 0.618. The molecule has 122 valence electrons. The Kier molecular flexibility index (Phi) is 4.70. The van der Waals surface area contributed by atoms with Gasteiger partial charge >= 0.3 is 0 Å². The Morgan fingerprint density at radius 1 is 1.00 bits per heavy atom. The second-order valence-electron chi connectivity index (χ2n) is 5.61. The molecule has 3 aromatic rings. The molecule has 24 heavy (non-hydrogen) atoms. The van der Waals surface area contributed by atoms with Crippen LogP contribution in [0.1, 0.15) is 16.7 Å². The Bertz CT molecular complexity index is 831. The lowest BCUT2D eigenvalue weighted by atomic mass is 10.0. The molecule has 0 saturated carbocycles. The first-order chi connectivity index (χ1) is 11.7. The molecule has 2 aromatic heterocycles. The van der Waals surface area contributed by atoms with Crippen molar-refractivity contribution >= 4 is 5.95 Å². The molecular weight excluding hydrogens is 300 g/mol. The van der Waals surface area contributed by atoms with E-state index in [1.165, 1.54) is 5.56 Å². The van der Waals surface area contributed by atoms with Gasteiger partial charge in [0.1, 0.15) is 0 Å². The van der Waals surface area contributed by atoms with Crippen LogP contribution in [0.4, 0.5) is 5.95 Å². The Hall–Kier alpha value is -2.95.